The van der Waals surface area contributed by atoms with E-state index in [0.717, 1.165) is 17.3 Å². The van der Waals surface area contributed by atoms with Gasteiger partial charge < -0.3 is 20.5 Å². The van der Waals surface area contributed by atoms with Crippen molar-refractivity contribution in [2.45, 2.75) is 19.2 Å². The first-order chi connectivity index (χ1) is 15.2. The van der Waals surface area contributed by atoms with Crippen molar-refractivity contribution in [1.82, 2.24) is 5.32 Å². The largest absolute Gasteiger partial charge is 0.550 e. The van der Waals surface area contributed by atoms with Crippen LogP contribution < -0.4 is 15.8 Å². The number of nitrogens with zero attached hydrogens (tertiary/aromatic N) is 1. The molecule has 0 saturated heterocycles. The van der Waals surface area contributed by atoms with Crippen LogP contribution in [0.1, 0.15) is 5.56 Å². The molecular weight excluding hydrogens is 475 g/mol. The van der Waals surface area contributed by atoms with Crippen molar-refractivity contribution in [3.05, 3.63) is 52.1 Å². The normalized spacial score (nSPS) is 16.2. The Morgan fingerprint density at radius 3 is 2.59 bits per heavy atom. The van der Waals surface area contributed by atoms with Crippen LogP contribution in [0.2, 0.25) is 0 Å². The van der Waals surface area contributed by atoms with Crippen molar-refractivity contribution >= 4 is 30.0 Å². The van der Waals surface area contributed by atoms with E-state index in [4.69, 9.17) is 19.4 Å². The fraction of sp³-hybridized carbons (Fsp3) is 0.333. The smallest absolute Gasteiger partial charge is 0.497 e. The predicted octanol–water partition coefficient (Wildman–Crippen LogP) is 3.07. The molecule has 3 N–H and O–H groups in total. The van der Waals surface area contributed by atoms with Gasteiger partial charge in [0.1, 0.15) is 11.8 Å². The molecule has 0 bridgehead atoms. The van der Waals surface area contributed by atoms with Crippen molar-refractivity contribution < 1.29 is 40.8 Å². The first-order valence-electron chi connectivity index (χ1n) is 8.70. The summed E-state index contributed by atoms with van der Waals surface area (Å²) in [5, 5.41) is 12.6. The number of hydrogen-bond donors (Lipinski definition) is 2. The molecule has 1 amide bonds. The van der Waals surface area contributed by atoms with E-state index in [2.05, 4.69) is 14.5 Å². The molecule has 1 unspecified atom stereocenters. The van der Waals surface area contributed by atoms with Gasteiger partial charge in [0.25, 0.3) is 0 Å². The van der Waals surface area contributed by atoms with E-state index in [9.17, 15) is 23.2 Å². The highest BCUT2D eigenvalue weighted by Crippen LogP contribution is 2.29. The van der Waals surface area contributed by atoms with E-state index in [1.165, 1.54) is 6.08 Å². The molecule has 14 heteroatoms. The van der Waals surface area contributed by atoms with Gasteiger partial charge in [0.2, 0.25) is 5.91 Å². The van der Waals surface area contributed by atoms with Gasteiger partial charge in [-0.15, -0.1) is 22.4 Å². The molecule has 1 aromatic carbocycles. The maximum absolute atomic E-state index is 12.0. The molecule has 1 aromatic rings. The lowest BCUT2D eigenvalue weighted by atomic mass is 10.1. The lowest BCUT2D eigenvalue weighted by molar-refractivity contribution is -0.441. The number of primary amides is 1. The molecule has 1 aliphatic heterocycles. The average molecular weight is 493 g/mol. The quantitative estimate of drug-likeness (QED) is 0.194. The van der Waals surface area contributed by atoms with Crippen LogP contribution in [-0.2, 0) is 29.5 Å². The Kier molecular flexibility index (Phi) is 10.2. The lowest BCUT2D eigenvalue weighted by Crippen LogP contribution is -2.33. The molecule has 0 aromatic heterocycles. The van der Waals surface area contributed by atoms with Crippen LogP contribution in [0.15, 0.2) is 46.5 Å². The van der Waals surface area contributed by atoms with Gasteiger partial charge in [-0.1, -0.05) is 23.9 Å². The maximum atomic E-state index is 12.0. The van der Waals surface area contributed by atoms with Crippen LogP contribution in [0.25, 0.3) is 0 Å². The molecule has 1 aliphatic rings. The summed E-state index contributed by atoms with van der Waals surface area (Å²) in [6.07, 6.45) is -4.57. The standard InChI is InChI=1S/C18H18F3N3O6S2/c1-26-13-4-2-11(3-5-13)8-27-9-12-6-16(28-32-30-29-18(19,20)21)24-17(14(12)7-22)31-10-15(23)25/h2-6,16,24H,8-10H2,1H3,(H2,23,25). The molecule has 0 aliphatic carbocycles. The third kappa shape index (κ3) is 8.99. The molecule has 2 rings (SSSR count). The molecule has 1 atom stereocenters. The Morgan fingerprint density at radius 2 is 2.00 bits per heavy atom. The third-order valence-corrected chi connectivity index (χ3v) is 5.08. The fourth-order valence-corrected chi connectivity index (χ4v) is 3.45. The lowest BCUT2D eigenvalue weighted by Gasteiger charge is -2.25. The summed E-state index contributed by atoms with van der Waals surface area (Å²) >= 11 is 0.883. The number of nitrogens with one attached hydrogen (secondary N) is 1. The van der Waals surface area contributed by atoms with Gasteiger partial charge in [0.05, 0.1) is 36.7 Å². The third-order valence-electron chi connectivity index (χ3n) is 3.63. The molecule has 0 radical (unpaired) electrons. The maximum Gasteiger partial charge on any atom is 0.550 e. The number of nitrogens with two attached hydrogens (primary N) is 1. The topological polar surface area (TPSA) is 125 Å². The van der Waals surface area contributed by atoms with Gasteiger partial charge >= 0.3 is 6.36 Å². The number of rotatable bonds is 12. The number of dihydropyridines is 1. The monoisotopic (exact) mass is 493 g/mol. The number of nitriles is 1. The van der Waals surface area contributed by atoms with Crippen LogP contribution in [0.4, 0.5) is 13.2 Å². The summed E-state index contributed by atoms with van der Waals surface area (Å²) in [5.41, 5.74) is 6.59. The number of amides is 1. The second-order valence-corrected chi connectivity index (χ2v) is 7.38. The van der Waals surface area contributed by atoms with Crippen molar-refractivity contribution in [2.24, 2.45) is 5.73 Å². The second kappa shape index (κ2) is 12.6. The summed E-state index contributed by atoms with van der Waals surface area (Å²) in [5.74, 6) is -0.0711. The van der Waals surface area contributed by atoms with Gasteiger partial charge in [-0.25, -0.2) is 0 Å². The van der Waals surface area contributed by atoms with Gasteiger partial charge in [0.15, 0.2) is 18.6 Å². The molecule has 0 saturated carbocycles. The zero-order valence-corrected chi connectivity index (χ0v) is 18.1. The minimum atomic E-state index is -5.00. The molecule has 0 fully saturated rings. The van der Waals surface area contributed by atoms with E-state index >= 15 is 0 Å². The number of ether oxygens (including phenoxy) is 2. The van der Waals surface area contributed by atoms with E-state index in [0.29, 0.717) is 11.3 Å². The Morgan fingerprint density at radius 1 is 1.28 bits per heavy atom. The van der Waals surface area contributed by atoms with Crippen molar-refractivity contribution in [3.8, 4) is 11.8 Å². The SMILES string of the molecule is COc1ccc(COCC2=CC(OSOOC(F)(F)F)NC(SCC(N)=O)=C2C#N)cc1. The van der Waals surface area contributed by atoms with Crippen molar-refractivity contribution in [1.29, 1.82) is 5.26 Å². The van der Waals surface area contributed by atoms with Crippen LogP contribution in [0.3, 0.4) is 0 Å². The number of carbonyl (C=O) groups is 1. The molecule has 9 nitrogen and oxygen atoms in total. The summed E-state index contributed by atoms with van der Waals surface area (Å²) in [4.78, 5) is 14.3. The fourth-order valence-electron chi connectivity index (χ4n) is 2.32. The summed E-state index contributed by atoms with van der Waals surface area (Å²) in [6.45, 7) is 0.210. The number of halogens is 3. The molecule has 1 heterocycles. The summed E-state index contributed by atoms with van der Waals surface area (Å²) in [7, 11) is 1.55. The van der Waals surface area contributed by atoms with Gasteiger partial charge in [0, 0.05) is 0 Å². The Labute approximate surface area is 190 Å². The van der Waals surface area contributed by atoms with E-state index < -0.39 is 18.5 Å². The van der Waals surface area contributed by atoms with Gasteiger partial charge in [-0.3, -0.25) is 8.98 Å². The summed E-state index contributed by atoms with van der Waals surface area (Å²) < 4.78 is 55.6. The van der Waals surface area contributed by atoms with Gasteiger partial charge in [-0.2, -0.15) is 5.26 Å². The first kappa shape index (κ1) is 25.8. The Bertz CT molecular complexity index is 887. The zero-order valence-electron chi connectivity index (χ0n) is 16.5. The Balaban J connectivity index is 2.04. The second-order valence-electron chi connectivity index (χ2n) is 5.93. The summed E-state index contributed by atoms with van der Waals surface area (Å²) in [6, 6.07) is 9.17. The zero-order chi connectivity index (χ0) is 23.6. The van der Waals surface area contributed by atoms with E-state index in [1.807, 2.05) is 18.2 Å². The number of thioether (sulfide) groups is 1. The highest BCUT2D eigenvalue weighted by molar-refractivity contribution is 8.03. The van der Waals surface area contributed by atoms with Gasteiger partial charge in [-0.05, 0) is 29.3 Å². The minimum Gasteiger partial charge on any atom is -0.497 e. The van der Waals surface area contributed by atoms with E-state index in [1.54, 1.807) is 19.2 Å². The predicted molar refractivity (Wildman–Crippen MR) is 109 cm³/mol. The molecule has 32 heavy (non-hydrogen) atoms. The molecule has 0 spiro atoms. The Hall–Kier alpha value is -2.41. The number of benzene rings is 1. The van der Waals surface area contributed by atoms with E-state index in [-0.39, 0.29) is 41.9 Å². The van der Waals surface area contributed by atoms with Crippen molar-refractivity contribution in [3.63, 3.8) is 0 Å². The highest BCUT2D eigenvalue weighted by Gasteiger charge is 2.32. The van der Waals surface area contributed by atoms with Crippen LogP contribution in [-0.4, -0.2) is 38.0 Å². The average Bonchev–Trinajstić information content (AvgIpc) is 2.75. The number of alkyl halides is 3. The van der Waals surface area contributed by atoms with Crippen molar-refractivity contribution in [2.75, 3.05) is 19.5 Å². The van der Waals surface area contributed by atoms with Crippen LogP contribution in [0.5, 0.6) is 5.75 Å². The number of carbonyl (C=O) groups excluding carboxylic acids is 1. The highest BCUT2D eigenvalue weighted by atomic mass is 32.2. The molecule has 174 valence electrons. The number of methoxy groups -OCH3 is 1. The number of hydrogen-bond acceptors (Lipinski definition) is 10. The van der Waals surface area contributed by atoms with Crippen LogP contribution >= 0.6 is 24.1 Å². The first-order valence-corrected chi connectivity index (χ1v) is 10.4. The molecular formula is C18H18F3N3O6S2. The minimum absolute atomic E-state index is 0.0122. The van der Waals surface area contributed by atoms with Crippen LogP contribution in [0, 0.1) is 11.3 Å².